The van der Waals surface area contributed by atoms with Crippen molar-refractivity contribution in [2.75, 3.05) is 27.5 Å². The van der Waals surface area contributed by atoms with Crippen LogP contribution < -0.4 is 10.2 Å². The second-order valence-electron chi connectivity index (χ2n) is 8.42. The van der Waals surface area contributed by atoms with Crippen LogP contribution in [0, 0.1) is 27.7 Å². The molecule has 2 aromatic carbocycles. The van der Waals surface area contributed by atoms with Crippen LogP contribution in [0.4, 0.5) is 11.4 Å². The number of nitrogens with one attached hydrogen (secondary N) is 1. The Labute approximate surface area is 188 Å². The highest BCUT2D eigenvalue weighted by molar-refractivity contribution is 8.14. The number of aryl methyl sites for hydroxylation is 4. The Balaban J connectivity index is 1.52. The van der Waals surface area contributed by atoms with E-state index < -0.39 is 9.84 Å². The lowest BCUT2D eigenvalue weighted by atomic mass is 10.1. The number of anilines is 2. The fourth-order valence-electron chi connectivity index (χ4n) is 4.08. The molecule has 1 saturated heterocycles. The van der Waals surface area contributed by atoms with Crippen molar-refractivity contribution in [1.29, 1.82) is 0 Å². The highest BCUT2D eigenvalue weighted by Crippen LogP contribution is 2.35. The van der Waals surface area contributed by atoms with Gasteiger partial charge in [0.15, 0.2) is 15.0 Å². The van der Waals surface area contributed by atoms with Crippen LogP contribution in [0.2, 0.25) is 0 Å². The minimum Gasteiger partial charge on any atom is -0.325 e. The molecular formula is C23H27N3O3S2. The summed E-state index contributed by atoms with van der Waals surface area (Å²) in [6.45, 7) is 8.08. The van der Waals surface area contributed by atoms with Crippen LogP contribution in [0.1, 0.15) is 22.3 Å². The Kier molecular flexibility index (Phi) is 5.87. The van der Waals surface area contributed by atoms with Crippen LogP contribution in [0.3, 0.4) is 0 Å². The number of amidine groups is 1. The molecule has 8 heteroatoms. The number of rotatable bonds is 4. The molecule has 31 heavy (non-hydrogen) atoms. The highest BCUT2D eigenvalue weighted by Gasteiger charge is 2.47. The summed E-state index contributed by atoms with van der Waals surface area (Å²) in [6.07, 6.45) is 0. The fourth-order valence-corrected chi connectivity index (χ4v) is 6.85. The first-order valence-corrected chi connectivity index (χ1v) is 13.1. The number of hydrogen-bond acceptors (Lipinski definition) is 6. The van der Waals surface area contributed by atoms with E-state index >= 15 is 0 Å². The van der Waals surface area contributed by atoms with Gasteiger partial charge in [0, 0.05) is 11.4 Å². The van der Waals surface area contributed by atoms with Crippen LogP contribution in [0.5, 0.6) is 0 Å². The molecule has 1 N–H and O–H groups in total. The van der Waals surface area contributed by atoms with Crippen molar-refractivity contribution in [2.24, 2.45) is 4.99 Å². The first-order chi connectivity index (χ1) is 14.6. The molecule has 0 aliphatic carbocycles. The Morgan fingerprint density at radius 1 is 1.06 bits per heavy atom. The predicted octanol–water partition coefficient (Wildman–Crippen LogP) is 3.63. The number of carbonyl (C=O) groups excluding carboxylic acids is 1. The largest absolute Gasteiger partial charge is 0.325 e. The van der Waals surface area contributed by atoms with Crippen LogP contribution in [-0.4, -0.2) is 48.8 Å². The van der Waals surface area contributed by atoms with Gasteiger partial charge in [0.2, 0.25) is 5.91 Å². The summed E-state index contributed by atoms with van der Waals surface area (Å²) in [5, 5.41) is 3.68. The van der Waals surface area contributed by atoms with Gasteiger partial charge in [-0.1, -0.05) is 35.5 Å². The third kappa shape index (κ3) is 4.65. The lowest BCUT2D eigenvalue weighted by Gasteiger charge is -2.27. The fraction of sp³-hybridized carbons (Fsp3) is 0.391. The summed E-state index contributed by atoms with van der Waals surface area (Å²) in [5.41, 5.74) is 6.22. The molecule has 2 atom stereocenters. The molecule has 2 aromatic rings. The van der Waals surface area contributed by atoms with Gasteiger partial charge in [0.05, 0.1) is 29.3 Å². The van der Waals surface area contributed by atoms with E-state index in [1.54, 1.807) is 0 Å². The Morgan fingerprint density at radius 3 is 2.55 bits per heavy atom. The number of hydrogen-bond donors (Lipinski definition) is 1. The monoisotopic (exact) mass is 457 g/mol. The summed E-state index contributed by atoms with van der Waals surface area (Å²) in [5.74, 6) is 0.258. The van der Waals surface area contributed by atoms with Crippen LogP contribution in [0.15, 0.2) is 41.4 Å². The van der Waals surface area contributed by atoms with Crippen molar-refractivity contribution in [3.05, 3.63) is 58.7 Å². The lowest BCUT2D eigenvalue weighted by Crippen LogP contribution is -2.39. The molecule has 164 valence electrons. The number of fused-ring (bicyclic) bond motifs is 1. The van der Waals surface area contributed by atoms with Gasteiger partial charge in [0.1, 0.15) is 0 Å². The van der Waals surface area contributed by atoms with E-state index in [-0.39, 0.29) is 35.2 Å². The first-order valence-electron chi connectivity index (χ1n) is 10.3. The van der Waals surface area contributed by atoms with E-state index in [1.807, 2.05) is 62.9 Å². The third-order valence-corrected chi connectivity index (χ3v) is 8.53. The maximum Gasteiger partial charge on any atom is 0.234 e. The molecule has 0 radical (unpaired) electrons. The molecule has 2 aliphatic rings. The van der Waals surface area contributed by atoms with Gasteiger partial charge in [0.25, 0.3) is 0 Å². The van der Waals surface area contributed by atoms with Gasteiger partial charge in [-0.15, -0.1) is 0 Å². The molecule has 2 aliphatic heterocycles. The van der Waals surface area contributed by atoms with Gasteiger partial charge in [-0.05, 0) is 62.6 Å². The van der Waals surface area contributed by atoms with Crippen LogP contribution in [0.25, 0.3) is 0 Å². The average molecular weight is 458 g/mol. The quantitative estimate of drug-likeness (QED) is 0.758. The standard InChI is InChI=1S/C23H27N3O3S2/c1-14-5-8-19(17(4)9-14)24-22(27)11-30-23-25-20-12-31(28,29)13-21(20)26(23)18-7-6-15(2)16(3)10-18/h5-10,20-21H,11-13H2,1-4H3,(H,24,27)/t20-,21-/m0/s1. The molecule has 4 rings (SSSR count). The summed E-state index contributed by atoms with van der Waals surface area (Å²) in [4.78, 5) is 19.3. The summed E-state index contributed by atoms with van der Waals surface area (Å²) < 4.78 is 24.4. The molecule has 1 amide bonds. The number of carbonyl (C=O) groups is 1. The van der Waals surface area contributed by atoms with Crippen molar-refractivity contribution in [3.63, 3.8) is 0 Å². The summed E-state index contributed by atoms with van der Waals surface area (Å²) >= 11 is 1.36. The van der Waals surface area contributed by atoms with E-state index in [0.717, 1.165) is 28.1 Å². The number of benzene rings is 2. The number of amides is 1. The van der Waals surface area contributed by atoms with Crippen LogP contribution in [-0.2, 0) is 14.6 Å². The lowest BCUT2D eigenvalue weighted by molar-refractivity contribution is -0.113. The Hall–Kier alpha value is -2.32. The van der Waals surface area contributed by atoms with Crippen molar-refractivity contribution >= 4 is 44.0 Å². The van der Waals surface area contributed by atoms with Crippen molar-refractivity contribution < 1.29 is 13.2 Å². The Bertz CT molecular complexity index is 1170. The second kappa shape index (κ2) is 8.31. The van der Waals surface area contributed by atoms with Crippen LogP contribution >= 0.6 is 11.8 Å². The molecule has 0 spiro atoms. The van der Waals surface area contributed by atoms with Gasteiger partial charge < -0.3 is 10.2 Å². The average Bonchev–Trinajstić information content (AvgIpc) is 3.15. The van der Waals surface area contributed by atoms with Gasteiger partial charge in [-0.25, -0.2) is 8.42 Å². The predicted molar refractivity (Wildman–Crippen MR) is 129 cm³/mol. The molecule has 0 saturated carbocycles. The molecule has 1 fully saturated rings. The molecule has 6 nitrogen and oxygen atoms in total. The summed E-state index contributed by atoms with van der Waals surface area (Å²) in [7, 11) is -3.11. The van der Waals surface area contributed by atoms with E-state index in [2.05, 4.69) is 11.4 Å². The first kappa shape index (κ1) is 21.9. The van der Waals surface area contributed by atoms with E-state index in [0.29, 0.717) is 5.17 Å². The minimum atomic E-state index is -3.11. The Morgan fingerprint density at radius 2 is 1.84 bits per heavy atom. The number of sulfone groups is 1. The number of thioether (sulfide) groups is 1. The topological polar surface area (TPSA) is 78.8 Å². The maximum absolute atomic E-state index is 12.6. The van der Waals surface area contributed by atoms with Crippen molar-refractivity contribution in [3.8, 4) is 0 Å². The highest BCUT2D eigenvalue weighted by atomic mass is 32.2. The zero-order valence-corrected chi connectivity index (χ0v) is 19.8. The van der Waals surface area contributed by atoms with Crippen molar-refractivity contribution in [2.45, 2.75) is 39.8 Å². The van der Waals surface area contributed by atoms with E-state index in [4.69, 9.17) is 4.99 Å². The zero-order chi connectivity index (χ0) is 22.3. The zero-order valence-electron chi connectivity index (χ0n) is 18.2. The third-order valence-electron chi connectivity index (χ3n) is 5.86. The molecule has 0 bridgehead atoms. The van der Waals surface area contributed by atoms with E-state index in [1.165, 1.54) is 17.3 Å². The molecule has 0 aromatic heterocycles. The van der Waals surface area contributed by atoms with Gasteiger partial charge >= 0.3 is 0 Å². The maximum atomic E-state index is 12.6. The smallest absolute Gasteiger partial charge is 0.234 e. The number of aliphatic imine (C=N–C) groups is 1. The molecule has 2 heterocycles. The van der Waals surface area contributed by atoms with E-state index in [9.17, 15) is 13.2 Å². The normalized spacial score (nSPS) is 21.7. The van der Waals surface area contributed by atoms with Gasteiger partial charge in [-0.2, -0.15) is 0 Å². The second-order valence-corrected chi connectivity index (χ2v) is 11.5. The number of nitrogens with zero attached hydrogens (tertiary/aromatic N) is 2. The molecular weight excluding hydrogens is 430 g/mol. The molecule has 0 unspecified atom stereocenters. The SMILES string of the molecule is Cc1ccc(NC(=O)CSC2=N[C@H]3CS(=O)(=O)C[C@@H]3N2c2ccc(C)c(C)c2)c(C)c1. The minimum absolute atomic E-state index is 0.0673. The summed E-state index contributed by atoms with van der Waals surface area (Å²) in [6, 6.07) is 11.5. The van der Waals surface area contributed by atoms with Crippen molar-refractivity contribution in [1.82, 2.24) is 0 Å². The van der Waals surface area contributed by atoms with Gasteiger partial charge in [-0.3, -0.25) is 9.79 Å².